The second-order valence-electron chi connectivity index (χ2n) is 31.2. The van der Waals surface area contributed by atoms with Crippen molar-refractivity contribution in [2.24, 2.45) is 0 Å². The van der Waals surface area contributed by atoms with Gasteiger partial charge >= 0.3 is 0 Å². The Labute approximate surface area is 569 Å². The molecule has 14 rings (SSSR count). The van der Waals surface area contributed by atoms with Crippen molar-refractivity contribution in [3.63, 3.8) is 0 Å². The molecule has 0 saturated carbocycles. The smallest absolute Gasteiger partial charge is 0.268 e. The first-order valence-electron chi connectivity index (χ1n) is 35.3. The van der Waals surface area contributed by atoms with Gasteiger partial charge in [-0.25, -0.2) is 4.98 Å². The van der Waals surface area contributed by atoms with Crippen LogP contribution in [0.3, 0.4) is 0 Å². The summed E-state index contributed by atoms with van der Waals surface area (Å²) in [5.41, 5.74) is 18.6. The Balaban J connectivity index is 0.00000864. The van der Waals surface area contributed by atoms with Crippen LogP contribution in [0.5, 0.6) is 11.5 Å². The van der Waals surface area contributed by atoms with Gasteiger partial charge in [0.1, 0.15) is 5.82 Å². The Morgan fingerprint density at radius 2 is 1.05 bits per heavy atom. The van der Waals surface area contributed by atoms with Gasteiger partial charge in [-0.05, 0) is 201 Å². The van der Waals surface area contributed by atoms with Gasteiger partial charge in [0, 0.05) is 52.5 Å². The molecule has 2 aliphatic rings. The van der Waals surface area contributed by atoms with Gasteiger partial charge in [-0.15, -0.1) is 29.7 Å². The SMILES string of the molecule is [2H]C([2H])([2H])c1cccc(C([2H])([2H])[2H])c1-c1cc(C(C)(C)C)cc2c1-[n+]1[c-]n(-c3[c-]c(Oc4[c-]c5c(cc4)c4ccccc4n5-c4cc(C(C)(C)C)ccn4)ccc3)c3cc(-c4cc(C(C)(C)C)cc(C(C)(C)C)c4)cc(c31)-c1ccccc1-c1cc3c(cc1-2)C(C)(C)CCC3(C)C.[Pt]. The van der Waals surface area contributed by atoms with E-state index in [1.54, 1.807) is 18.2 Å². The molecule has 6 heteroatoms. The van der Waals surface area contributed by atoms with E-state index in [1.807, 2.05) is 30.5 Å². The maximum atomic E-state index is 9.30. The van der Waals surface area contributed by atoms with E-state index in [0.717, 1.165) is 102 Å². The number of hydrogen-bond donors (Lipinski definition) is 0. The van der Waals surface area contributed by atoms with Crippen LogP contribution in [0, 0.1) is 32.2 Å². The number of pyridine rings is 1. The number of nitrogens with zero attached hydrogens (tertiary/aromatic N) is 4. The third kappa shape index (κ3) is 10.7. The van der Waals surface area contributed by atoms with Crippen LogP contribution in [0.25, 0.3) is 106 Å². The third-order valence-corrected chi connectivity index (χ3v) is 19.7. The van der Waals surface area contributed by atoms with E-state index in [1.165, 1.54) is 27.8 Å². The number of ether oxygens (including phenoxy) is 1. The molecule has 0 saturated heterocycles. The van der Waals surface area contributed by atoms with Crippen molar-refractivity contribution in [2.75, 3.05) is 0 Å². The minimum absolute atomic E-state index is 0. The molecule has 0 amide bonds. The van der Waals surface area contributed by atoms with E-state index in [4.69, 9.17) is 9.72 Å². The molecule has 0 atom stereocenters. The number of rotatable bonds is 6. The minimum Gasteiger partial charge on any atom is -0.510 e. The van der Waals surface area contributed by atoms with Gasteiger partial charge in [-0.2, -0.15) is 18.2 Å². The van der Waals surface area contributed by atoms with Crippen molar-refractivity contribution in [1.29, 1.82) is 0 Å². The molecule has 1 aliphatic heterocycles. The summed E-state index contributed by atoms with van der Waals surface area (Å²) < 4.78 is 69.1. The maximum Gasteiger partial charge on any atom is 0.268 e. The Bertz CT molecular complexity index is 5160. The first-order chi connectivity index (χ1) is 45.3. The largest absolute Gasteiger partial charge is 0.510 e. The van der Waals surface area contributed by atoms with Crippen LogP contribution in [0.4, 0.5) is 0 Å². The fourth-order valence-corrected chi connectivity index (χ4v) is 14.1. The molecule has 0 bridgehead atoms. The molecule has 0 spiro atoms. The number of fused-ring (bicyclic) bond motifs is 11. The van der Waals surface area contributed by atoms with Crippen LogP contribution in [-0.2, 0) is 53.6 Å². The molecule has 12 aromatic rings. The molecule has 92 heavy (non-hydrogen) atoms. The molecule has 0 N–H and O–H groups in total. The average Bonchev–Trinajstić information content (AvgIpc) is 1.56. The van der Waals surface area contributed by atoms with E-state index < -0.39 is 19.1 Å². The Kier molecular flexibility index (Phi) is 13.3. The van der Waals surface area contributed by atoms with Crippen molar-refractivity contribution >= 4 is 32.8 Å². The van der Waals surface area contributed by atoms with Crippen molar-refractivity contribution in [3.05, 3.63) is 233 Å². The zero-order valence-electron chi connectivity index (χ0n) is 62.1. The van der Waals surface area contributed by atoms with Gasteiger partial charge in [-0.1, -0.05) is 219 Å². The molecule has 0 unspecified atom stereocenters. The summed E-state index contributed by atoms with van der Waals surface area (Å²) in [6.45, 7) is 30.7. The van der Waals surface area contributed by atoms with Crippen LogP contribution in [0.1, 0.15) is 176 Å². The number of aryl methyl sites for hydroxylation is 2. The first kappa shape index (κ1) is 55.5. The van der Waals surface area contributed by atoms with Gasteiger partial charge in [0.15, 0.2) is 0 Å². The number of imidazole rings is 1. The van der Waals surface area contributed by atoms with Gasteiger partial charge in [0.25, 0.3) is 6.33 Å². The first-order valence-corrected chi connectivity index (χ1v) is 32.3. The molecule has 4 heterocycles. The number of aromatic nitrogens is 4. The predicted molar refractivity (Wildman–Crippen MR) is 380 cm³/mol. The molecule has 468 valence electrons. The van der Waals surface area contributed by atoms with E-state index in [2.05, 4.69) is 264 Å². The summed E-state index contributed by atoms with van der Waals surface area (Å²) in [5.74, 6) is 1.72. The normalized spacial score (nSPS) is 15.7. The molecular formula is C86H86N4OPt-2. The number of para-hydroxylation sites is 1. The second-order valence-corrected chi connectivity index (χ2v) is 31.2. The van der Waals surface area contributed by atoms with Crippen molar-refractivity contribution < 1.29 is 38.6 Å². The Morgan fingerprint density at radius 3 is 1.70 bits per heavy atom. The zero-order chi connectivity index (χ0) is 69.2. The summed E-state index contributed by atoms with van der Waals surface area (Å²) in [5, 5.41) is 2.09. The standard InChI is InChI=1S/C86H86N4O.Pt/c1-52-25-23-26-53(2)78(52)71-45-59(84(12,13)14)44-70-68-50-73-72(85(15,16)36-37-86(73,17)18)49-67(68)63-29-19-20-30-64(63)69-41-55(54-39-57(82(6,7)8)43-58(40-54)83(9,10)11)42-76-80(69)89(79(70)71)51-88(76)60-27-24-28-61(47-60)91-62-33-34-66-65-31-21-22-32-74(65)90(75(66)48-62)77-46-56(35-38-87-77)81(3,4)5;/h19-35,38-46,49-50H,36-37H2,1-18H3;/q-2;/i1D3,2D3;. The summed E-state index contributed by atoms with van der Waals surface area (Å²) in [7, 11) is 0. The maximum absolute atomic E-state index is 9.30. The molecule has 3 aromatic heterocycles. The van der Waals surface area contributed by atoms with Crippen LogP contribution in [-0.4, -0.2) is 14.1 Å². The van der Waals surface area contributed by atoms with Crippen molar-refractivity contribution in [2.45, 2.75) is 170 Å². The van der Waals surface area contributed by atoms with Gasteiger partial charge in [0.2, 0.25) is 0 Å². The van der Waals surface area contributed by atoms with E-state index in [-0.39, 0.29) is 64.8 Å². The van der Waals surface area contributed by atoms with Gasteiger partial charge in [0.05, 0.1) is 16.7 Å². The van der Waals surface area contributed by atoms with Crippen LogP contribution in [0.15, 0.2) is 170 Å². The fourth-order valence-electron chi connectivity index (χ4n) is 14.1. The summed E-state index contributed by atoms with van der Waals surface area (Å²) in [6, 6.07) is 64.3. The van der Waals surface area contributed by atoms with Crippen molar-refractivity contribution in [1.82, 2.24) is 14.1 Å². The molecule has 5 nitrogen and oxygen atoms in total. The van der Waals surface area contributed by atoms with E-state index in [9.17, 15) is 8.22 Å². The van der Waals surface area contributed by atoms with Gasteiger partial charge in [-0.3, -0.25) is 4.57 Å². The third-order valence-electron chi connectivity index (χ3n) is 19.7. The van der Waals surface area contributed by atoms with Crippen molar-refractivity contribution in [3.8, 4) is 84.3 Å². The molecule has 0 fully saturated rings. The van der Waals surface area contributed by atoms with Crippen LogP contribution < -0.4 is 9.30 Å². The van der Waals surface area contributed by atoms with Crippen LogP contribution in [0.2, 0.25) is 0 Å². The van der Waals surface area contributed by atoms with Crippen LogP contribution >= 0.6 is 0 Å². The fraction of sp³-hybridized carbons (Fsp3) is 0.302. The molecule has 9 aromatic carbocycles. The average molecular weight is 1390 g/mol. The zero-order valence-corrected chi connectivity index (χ0v) is 58.4. The summed E-state index contributed by atoms with van der Waals surface area (Å²) in [4.78, 5) is 4.94. The summed E-state index contributed by atoms with van der Waals surface area (Å²) in [6.07, 6.45) is 7.87. The minimum atomic E-state index is -2.72. The molecule has 0 radical (unpaired) electrons. The Morgan fingerprint density at radius 1 is 0.489 bits per heavy atom. The molecular weight excluding hydrogens is 1300 g/mol. The topological polar surface area (TPSA) is 35.9 Å². The van der Waals surface area contributed by atoms with E-state index in [0.29, 0.717) is 28.4 Å². The number of hydrogen-bond acceptors (Lipinski definition) is 2. The quantitative estimate of drug-likeness (QED) is 0.123. The summed E-state index contributed by atoms with van der Waals surface area (Å²) >= 11 is 0. The van der Waals surface area contributed by atoms with Gasteiger partial charge < -0.3 is 13.9 Å². The number of benzene rings is 9. The molecule has 1 aliphatic carbocycles. The predicted octanol–water partition coefficient (Wildman–Crippen LogP) is 22.4. The second kappa shape index (κ2) is 22.0. The monoisotopic (exact) mass is 1390 g/mol. The Hall–Kier alpha value is -8.11. The van der Waals surface area contributed by atoms with E-state index >= 15 is 0 Å².